The van der Waals surface area contributed by atoms with Gasteiger partial charge in [0.05, 0.1) is 17.9 Å². The SMILES string of the molecule is CC(C)CN(CC(=O)Nc1cc(C(C)(C)C)nn1-c1ccc(Cl)cc1)C(=O)C1CCCC1. The molecule has 1 N–H and O–H groups in total. The molecule has 2 amide bonds. The van der Waals surface area contributed by atoms with E-state index in [-0.39, 0.29) is 29.7 Å². The van der Waals surface area contributed by atoms with Gasteiger partial charge in [-0.2, -0.15) is 5.10 Å². The number of anilines is 1. The molecule has 1 aliphatic carbocycles. The van der Waals surface area contributed by atoms with E-state index in [9.17, 15) is 9.59 Å². The molecule has 0 atom stereocenters. The Morgan fingerprint density at radius 3 is 2.38 bits per heavy atom. The fourth-order valence-electron chi connectivity index (χ4n) is 4.08. The highest BCUT2D eigenvalue weighted by atomic mass is 35.5. The second-order valence-corrected chi connectivity index (χ2v) is 10.6. The molecule has 0 radical (unpaired) electrons. The van der Waals surface area contributed by atoms with Gasteiger partial charge in [-0.15, -0.1) is 0 Å². The topological polar surface area (TPSA) is 67.2 Å². The van der Waals surface area contributed by atoms with Gasteiger partial charge in [-0.25, -0.2) is 4.68 Å². The van der Waals surface area contributed by atoms with E-state index in [4.69, 9.17) is 16.7 Å². The highest BCUT2D eigenvalue weighted by molar-refractivity contribution is 6.30. The maximum absolute atomic E-state index is 13.1. The molecular weight excluding hydrogens is 424 g/mol. The first-order valence-corrected chi connectivity index (χ1v) is 11.9. The number of benzene rings is 1. The first kappa shape index (κ1) is 24.3. The molecule has 0 aliphatic heterocycles. The van der Waals surface area contributed by atoms with Crippen LogP contribution in [-0.2, 0) is 15.0 Å². The van der Waals surface area contributed by atoms with E-state index in [2.05, 4.69) is 39.9 Å². The van der Waals surface area contributed by atoms with Gasteiger partial charge in [-0.3, -0.25) is 9.59 Å². The molecular formula is C25H35ClN4O2. The van der Waals surface area contributed by atoms with Gasteiger partial charge in [-0.1, -0.05) is 59.1 Å². The number of hydrogen-bond acceptors (Lipinski definition) is 3. The van der Waals surface area contributed by atoms with Crippen LogP contribution >= 0.6 is 11.6 Å². The van der Waals surface area contributed by atoms with Crippen molar-refractivity contribution < 1.29 is 9.59 Å². The number of halogens is 1. The van der Waals surface area contributed by atoms with Gasteiger partial charge in [0.15, 0.2) is 0 Å². The fraction of sp³-hybridized carbons (Fsp3) is 0.560. The zero-order chi connectivity index (χ0) is 23.5. The number of nitrogens with one attached hydrogen (secondary N) is 1. The van der Waals surface area contributed by atoms with Crippen molar-refractivity contribution in [2.45, 2.75) is 65.7 Å². The average Bonchev–Trinajstić information content (AvgIpc) is 3.37. The summed E-state index contributed by atoms with van der Waals surface area (Å²) in [6.07, 6.45) is 4.03. The summed E-state index contributed by atoms with van der Waals surface area (Å²) in [6.45, 7) is 11.0. The third-order valence-electron chi connectivity index (χ3n) is 5.75. The second-order valence-electron chi connectivity index (χ2n) is 10.2. The van der Waals surface area contributed by atoms with E-state index in [0.717, 1.165) is 37.1 Å². The number of carbonyl (C=O) groups is 2. The van der Waals surface area contributed by atoms with Crippen molar-refractivity contribution in [3.8, 4) is 5.69 Å². The summed E-state index contributed by atoms with van der Waals surface area (Å²) >= 11 is 6.05. The molecule has 1 aromatic heterocycles. The van der Waals surface area contributed by atoms with Crippen LogP contribution in [0.1, 0.15) is 66.0 Å². The highest BCUT2D eigenvalue weighted by Gasteiger charge is 2.29. The van der Waals surface area contributed by atoms with Crippen molar-refractivity contribution >= 4 is 29.2 Å². The molecule has 7 heteroatoms. The van der Waals surface area contributed by atoms with Crippen LogP contribution in [-0.4, -0.2) is 39.6 Å². The monoisotopic (exact) mass is 458 g/mol. The largest absolute Gasteiger partial charge is 0.333 e. The van der Waals surface area contributed by atoms with Crippen molar-refractivity contribution in [2.24, 2.45) is 11.8 Å². The van der Waals surface area contributed by atoms with Gasteiger partial charge < -0.3 is 10.2 Å². The van der Waals surface area contributed by atoms with Crippen LogP contribution in [0.2, 0.25) is 5.02 Å². The van der Waals surface area contributed by atoms with Gasteiger partial charge in [0.1, 0.15) is 5.82 Å². The lowest BCUT2D eigenvalue weighted by Gasteiger charge is -2.26. The zero-order valence-electron chi connectivity index (χ0n) is 19.8. The summed E-state index contributed by atoms with van der Waals surface area (Å²) in [5.41, 5.74) is 1.49. The lowest BCUT2D eigenvalue weighted by molar-refractivity contribution is -0.138. The molecule has 174 valence electrons. The molecule has 3 rings (SSSR count). The summed E-state index contributed by atoms with van der Waals surface area (Å²) < 4.78 is 1.72. The van der Waals surface area contributed by atoms with Crippen LogP contribution in [0.3, 0.4) is 0 Å². The lowest BCUT2D eigenvalue weighted by atomic mass is 9.92. The average molecular weight is 459 g/mol. The number of hydrogen-bond donors (Lipinski definition) is 1. The Bertz CT molecular complexity index is 938. The Morgan fingerprint density at radius 2 is 1.81 bits per heavy atom. The summed E-state index contributed by atoms with van der Waals surface area (Å²) in [5.74, 6) is 0.814. The second kappa shape index (κ2) is 10.1. The quantitative estimate of drug-likeness (QED) is 0.600. The maximum Gasteiger partial charge on any atom is 0.245 e. The molecule has 0 spiro atoms. The van der Waals surface area contributed by atoms with E-state index < -0.39 is 0 Å². The number of nitrogens with zero attached hydrogens (tertiary/aromatic N) is 3. The van der Waals surface area contributed by atoms with Crippen molar-refractivity contribution in [3.05, 3.63) is 41.0 Å². The van der Waals surface area contributed by atoms with Crippen LogP contribution < -0.4 is 5.32 Å². The van der Waals surface area contributed by atoms with Crippen LogP contribution in [0.25, 0.3) is 5.69 Å². The molecule has 32 heavy (non-hydrogen) atoms. The first-order chi connectivity index (χ1) is 15.0. The minimum atomic E-state index is -0.215. The van der Waals surface area contributed by atoms with Crippen molar-refractivity contribution in [3.63, 3.8) is 0 Å². The molecule has 6 nitrogen and oxygen atoms in total. The third-order valence-corrected chi connectivity index (χ3v) is 6.00. The lowest BCUT2D eigenvalue weighted by Crippen LogP contribution is -2.42. The Balaban J connectivity index is 1.82. The van der Waals surface area contributed by atoms with E-state index in [1.807, 2.05) is 18.2 Å². The molecule has 1 heterocycles. The van der Waals surface area contributed by atoms with E-state index in [0.29, 0.717) is 23.3 Å². The normalized spacial score (nSPS) is 14.7. The summed E-state index contributed by atoms with van der Waals surface area (Å²) in [6, 6.07) is 9.23. The standard InChI is InChI=1S/C25H35ClN4O2/c1-17(2)15-29(24(32)18-8-6-7-9-18)16-23(31)27-22-14-21(25(3,4)5)28-30(22)20-12-10-19(26)11-13-20/h10-14,17-18H,6-9,15-16H2,1-5H3,(H,27,31). The van der Waals surface area contributed by atoms with Crippen LogP contribution in [0.4, 0.5) is 5.82 Å². The smallest absolute Gasteiger partial charge is 0.245 e. The predicted molar refractivity (Wildman–Crippen MR) is 129 cm³/mol. The fourth-order valence-corrected chi connectivity index (χ4v) is 4.20. The van der Waals surface area contributed by atoms with Gasteiger partial charge in [0, 0.05) is 29.0 Å². The number of amides is 2. The molecule has 2 aromatic rings. The van der Waals surface area contributed by atoms with Crippen LogP contribution in [0.5, 0.6) is 0 Å². The summed E-state index contributed by atoms with van der Waals surface area (Å²) in [4.78, 5) is 27.8. The van der Waals surface area contributed by atoms with Crippen LogP contribution in [0, 0.1) is 11.8 Å². The minimum absolute atomic E-state index is 0.0458. The Labute approximate surface area is 196 Å². The van der Waals surface area contributed by atoms with Gasteiger partial charge >= 0.3 is 0 Å². The molecule has 1 saturated carbocycles. The molecule has 1 fully saturated rings. The van der Waals surface area contributed by atoms with E-state index in [1.165, 1.54) is 0 Å². The van der Waals surface area contributed by atoms with Crippen molar-refractivity contribution in [1.29, 1.82) is 0 Å². The molecule has 0 bridgehead atoms. The summed E-state index contributed by atoms with van der Waals surface area (Å²) in [7, 11) is 0. The molecule has 1 aliphatic rings. The first-order valence-electron chi connectivity index (χ1n) is 11.5. The number of rotatable bonds is 7. The highest BCUT2D eigenvalue weighted by Crippen LogP contribution is 2.28. The van der Waals surface area contributed by atoms with Crippen molar-refractivity contribution in [1.82, 2.24) is 14.7 Å². The Hall–Kier alpha value is -2.34. The minimum Gasteiger partial charge on any atom is -0.333 e. The Morgan fingerprint density at radius 1 is 1.19 bits per heavy atom. The molecule has 0 unspecified atom stereocenters. The maximum atomic E-state index is 13.1. The number of carbonyl (C=O) groups excluding carboxylic acids is 2. The Kier molecular flexibility index (Phi) is 7.65. The zero-order valence-corrected chi connectivity index (χ0v) is 20.6. The third kappa shape index (κ3) is 6.12. The van der Waals surface area contributed by atoms with Crippen LogP contribution in [0.15, 0.2) is 30.3 Å². The summed E-state index contributed by atoms with van der Waals surface area (Å²) in [5, 5.41) is 8.37. The van der Waals surface area contributed by atoms with Gasteiger partial charge in [0.2, 0.25) is 11.8 Å². The van der Waals surface area contributed by atoms with Gasteiger partial charge in [0.25, 0.3) is 0 Å². The molecule has 0 saturated heterocycles. The van der Waals surface area contributed by atoms with Crippen molar-refractivity contribution in [2.75, 3.05) is 18.4 Å². The molecule has 1 aromatic carbocycles. The number of aromatic nitrogens is 2. The van der Waals surface area contributed by atoms with E-state index >= 15 is 0 Å². The van der Waals surface area contributed by atoms with E-state index in [1.54, 1.807) is 21.7 Å². The van der Waals surface area contributed by atoms with Gasteiger partial charge in [-0.05, 0) is 43.0 Å². The predicted octanol–water partition coefficient (Wildman–Crippen LogP) is 5.44.